The molecule has 1 aromatic rings. The number of rotatable bonds is 5. The van der Waals surface area contributed by atoms with Crippen molar-refractivity contribution in [2.75, 3.05) is 44.2 Å². The van der Waals surface area contributed by atoms with E-state index in [2.05, 4.69) is 15.5 Å². The molecule has 3 rings (SSSR count). The Hall–Kier alpha value is -1.70. The number of hydrogen-bond acceptors (Lipinski definition) is 4. The molecule has 2 aliphatic heterocycles. The molecule has 0 radical (unpaired) electrons. The Morgan fingerprint density at radius 2 is 1.96 bits per heavy atom. The number of hydrogen-bond donors (Lipinski definition) is 2. The third-order valence-electron chi connectivity index (χ3n) is 5.10. The van der Waals surface area contributed by atoms with Crippen LogP contribution in [0.4, 0.5) is 10.5 Å². The highest BCUT2D eigenvalue weighted by Gasteiger charge is 2.25. The summed E-state index contributed by atoms with van der Waals surface area (Å²) in [4.78, 5) is 28.5. The van der Waals surface area contributed by atoms with Crippen LogP contribution in [-0.2, 0) is 9.53 Å². The predicted molar refractivity (Wildman–Crippen MR) is 110 cm³/mol. The van der Waals surface area contributed by atoms with Gasteiger partial charge in [-0.1, -0.05) is 23.2 Å². The van der Waals surface area contributed by atoms with Crippen LogP contribution in [0.5, 0.6) is 0 Å². The number of halogens is 2. The number of carbonyl (C=O) groups is 2. The van der Waals surface area contributed by atoms with Crippen LogP contribution in [0.1, 0.15) is 19.8 Å². The lowest BCUT2D eigenvalue weighted by atomic mass is 10.2. The summed E-state index contributed by atoms with van der Waals surface area (Å²) in [6, 6.07) is 4.70. The maximum Gasteiger partial charge on any atom is 0.318 e. The molecule has 7 nitrogen and oxygen atoms in total. The molecule has 2 fully saturated rings. The molecule has 0 aliphatic carbocycles. The summed E-state index contributed by atoms with van der Waals surface area (Å²) in [5.74, 6) is -0.196. The molecule has 0 spiro atoms. The normalized spacial score (nSPS) is 20.8. The molecular weight excluding hydrogens is 403 g/mol. The maximum atomic E-state index is 12.5. The lowest BCUT2D eigenvalue weighted by Gasteiger charge is -2.36. The molecular formula is C19H26Cl2N4O3. The van der Waals surface area contributed by atoms with Crippen LogP contribution in [0.15, 0.2) is 18.2 Å². The Kier molecular flexibility index (Phi) is 7.26. The van der Waals surface area contributed by atoms with Crippen LogP contribution in [0.3, 0.4) is 0 Å². The molecule has 154 valence electrons. The fourth-order valence-corrected chi connectivity index (χ4v) is 3.66. The highest BCUT2D eigenvalue weighted by molar-refractivity contribution is 6.42. The van der Waals surface area contributed by atoms with E-state index in [1.165, 1.54) is 0 Å². The van der Waals surface area contributed by atoms with Crippen molar-refractivity contribution in [2.45, 2.75) is 31.9 Å². The zero-order valence-electron chi connectivity index (χ0n) is 15.9. The lowest BCUT2D eigenvalue weighted by molar-refractivity contribution is -0.123. The minimum atomic E-state index is -0.595. The highest BCUT2D eigenvalue weighted by Crippen LogP contribution is 2.27. The van der Waals surface area contributed by atoms with Crippen molar-refractivity contribution >= 4 is 40.8 Å². The van der Waals surface area contributed by atoms with Crippen molar-refractivity contribution < 1.29 is 14.3 Å². The van der Waals surface area contributed by atoms with Crippen molar-refractivity contribution in [3.05, 3.63) is 28.2 Å². The minimum Gasteiger partial charge on any atom is -0.376 e. The summed E-state index contributed by atoms with van der Waals surface area (Å²) in [5.41, 5.74) is 0.983. The van der Waals surface area contributed by atoms with E-state index in [4.69, 9.17) is 27.9 Å². The molecule has 2 atom stereocenters. The Bertz CT molecular complexity index is 704. The van der Waals surface area contributed by atoms with Gasteiger partial charge in [0.05, 0.1) is 16.1 Å². The number of piperazine rings is 1. The lowest BCUT2D eigenvalue weighted by Crippen LogP contribution is -2.55. The second kappa shape index (κ2) is 9.67. The van der Waals surface area contributed by atoms with E-state index in [9.17, 15) is 9.59 Å². The second-order valence-electron chi connectivity index (χ2n) is 7.12. The van der Waals surface area contributed by atoms with Gasteiger partial charge >= 0.3 is 6.03 Å². The van der Waals surface area contributed by atoms with E-state index in [1.807, 2.05) is 12.1 Å². The van der Waals surface area contributed by atoms with E-state index >= 15 is 0 Å². The van der Waals surface area contributed by atoms with E-state index < -0.39 is 6.04 Å². The Morgan fingerprint density at radius 3 is 2.61 bits per heavy atom. The van der Waals surface area contributed by atoms with Crippen molar-refractivity contribution in [2.24, 2.45) is 0 Å². The largest absolute Gasteiger partial charge is 0.376 e. The van der Waals surface area contributed by atoms with Gasteiger partial charge in [0.1, 0.15) is 6.04 Å². The summed E-state index contributed by atoms with van der Waals surface area (Å²) in [7, 11) is 0. The third-order valence-corrected chi connectivity index (χ3v) is 5.84. The molecule has 0 bridgehead atoms. The van der Waals surface area contributed by atoms with Crippen molar-refractivity contribution in [3.8, 4) is 0 Å². The Balaban J connectivity index is 1.42. The number of urea groups is 1. The average molecular weight is 429 g/mol. The fourth-order valence-electron chi connectivity index (χ4n) is 3.36. The molecule has 2 N–H and O–H groups in total. The van der Waals surface area contributed by atoms with Gasteiger partial charge in [-0.25, -0.2) is 4.79 Å². The van der Waals surface area contributed by atoms with Crippen LogP contribution in [-0.4, -0.2) is 68.3 Å². The summed E-state index contributed by atoms with van der Waals surface area (Å²) in [5, 5.41) is 6.65. The second-order valence-corrected chi connectivity index (χ2v) is 7.94. The van der Waals surface area contributed by atoms with Gasteiger partial charge in [-0.05, 0) is 38.0 Å². The van der Waals surface area contributed by atoms with E-state index in [-0.39, 0.29) is 18.0 Å². The summed E-state index contributed by atoms with van der Waals surface area (Å²) < 4.78 is 5.49. The molecule has 2 heterocycles. The van der Waals surface area contributed by atoms with Crippen molar-refractivity contribution in [3.63, 3.8) is 0 Å². The van der Waals surface area contributed by atoms with Gasteiger partial charge in [-0.3, -0.25) is 4.79 Å². The third kappa shape index (κ3) is 5.43. The first-order chi connectivity index (χ1) is 13.4. The van der Waals surface area contributed by atoms with Crippen molar-refractivity contribution in [1.82, 2.24) is 15.5 Å². The number of anilines is 1. The van der Waals surface area contributed by atoms with Crippen molar-refractivity contribution in [1.29, 1.82) is 0 Å². The number of ether oxygens (including phenoxy) is 1. The highest BCUT2D eigenvalue weighted by atomic mass is 35.5. The maximum absolute atomic E-state index is 12.5. The van der Waals surface area contributed by atoms with Crippen LogP contribution >= 0.6 is 23.2 Å². The summed E-state index contributed by atoms with van der Waals surface area (Å²) in [6.07, 6.45) is 2.08. The van der Waals surface area contributed by atoms with Crippen LogP contribution in [0.2, 0.25) is 10.0 Å². The van der Waals surface area contributed by atoms with Gasteiger partial charge in [-0.15, -0.1) is 0 Å². The Labute approximate surface area is 175 Å². The zero-order chi connectivity index (χ0) is 20.1. The molecule has 0 saturated carbocycles. The minimum absolute atomic E-state index is 0.0845. The monoisotopic (exact) mass is 428 g/mol. The quantitative estimate of drug-likeness (QED) is 0.755. The van der Waals surface area contributed by atoms with Gasteiger partial charge < -0.3 is 25.2 Å². The predicted octanol–water partition coefficient (Wildman–Crippen LogP) is 2.51. The molecule has 0 unspecified atom stereocenters. The number of nitrogens with one attached hydrogen (secondary N) is 2. The summed E-state index contributed by atoms with van der Waals surface area (Å²) >= 11 is 12.1. The topological polar surface area (TPSA) is 73.9 Å². The first-order valence-electron chi connectivity index (χ1n) is 9.59. The fraction of sp³-hybridized carbons (Fsp3) is 0.579. The first-order valence-corrected chi connectivity index (χ1v) is 10.3. The summed E-state index contributed by atoms with van der Waals surface area (Å²) in [6.45, 7) is 5.43. The standard InChI is InChI=1S/C19H26Cl2N4O3/c1-13(18(26)22-12-15-3-2-10-28-15)23-19(27)25-8-6-24(7-9-25)14-4-5-16(20)17(21)11-14/h4-5,11,13,15H,2-3,6-10,12H2,1H3,(H,22,26)(H,23,27)/t13-,15-/m1/s1. The number of carbonyl (C=O) groups excluding carboxylic acids is 2. The number of amides is 3. The Morgan fingerprint density at radius 1 is 1.21 bits per heavy atom. The molecule has 1 aromatic carbocycles. The number of nitrogens with zero attached hydrogens (tertiary/aromatic N) is 2. The van der Waals surface area contributed by atoms with E-state index in [1.54, 1.807) is 17.9 Å². The first kappa shape index (κ1) is 21.0. The van der Waals surface area contributed by atoms with Crippen LogP contribution in [0, 0.1) is 0 Å². The molecule has 2 saturated heterocycles. The van der Waals surface area contributed by atoms with Gasteiger partial charge in [0.2, 0.25) is 5.91 Å². The van der Waals surface area contributed by atoms with E-state index in [0.717, 1.165) is 25.1 Å². The molecule has 3 amide bonds. The van der Waals surface area contributed by atoms with Crippen LogP contribution < -0.4 is 15.5 Å². The van der Waals surface area contributed by atoms with Gasteiger partial charge in [-0.2, -0.15) is 0 Å². The molecule has 2 aliphatic rings. The van der Waals surface area contributed by atoms with Gasteiger partial charge in [0.15, 0.2) is 0 Å². The zero-order valence-corrected chi connectivity index (χ0v) is 17.4. The van der Waals surface area contributed by atoms with Gasteiger partial charge in [0.25, 0.3) is 0 Å². The van der Waals surface area contributed by atoms with E-state index in [0.29, 0.717) is 42.8 Å². The van der Waals surface area contributed by atoms with Crippen LogP contribution in [0.25, 0.3) is 0 Å². The SMILES string of the molecule is C[C@@H](NC(=O)N1CCN(c2ccc(Cl)c(Cl)c2)CC1)C(=O)NC[C@H]1CCCO1. The average Bonchev–Trinajstić information content (AvgIpc) is 3.22. The smallest absolute Gasteiger partial charge is 0.318 e. The molecule has 0 aromatic heterocycles. The van der Waals surface area contributed by atoms with Gasteiger partial charge in [0, 0.05) is 45.0 Å². The molecule has 9 heteroatoms. The number of benzene rings is 1. The molecule has 28 heavy (non-hydrogen) atoms.